The second-order valence-electron chi connectivity index (χ2n) is 3.01. The van der Waals surface area contributed by atoms with Crippen LogP contribution in [0.3, 0.4) is 0 Å². The van der Waals surface area contributed by atoms with E-state index in [0.29, 0.717) is 0 Å². The zero-order chi connectivity index (χ0) is 12.2. The van der Waals surface area contributed by atoms with Crippen LogP contribution in [0.2, 0.25) is 0 Å². The average molecular weight is 242 g/mol. The van der Waals surface area contributed by atoms with Crippen LogP contribution < -0.4 is 0 Å². The van der Waals surface area contributed by atoms with E-state index in [1.807, 2.05) is 0 Å². The highest BCUT2D eigenvalue weighted by Crippen LogP contribution is 2.16. The lowest BCUT2D eigenvalue weighted by Gasteiger charge is -2.01. The molecule has 0 saturated carbocycles. The Labute approximate surface area is 92.8 Å². The fourth-order valence-electron chi connectivity index (χ4n) is 1.14. The van der Waals surface area contributed by atoms with E-state index in [4.69, 9.17) is 9.66 Å². The highest BCUT2D eigenvalue weighted by molar-refractivity contribution is 7.85. The number of aliphatic carboxylic acids is 1. The summed E-state index contributed by atoms with van der Waals surface area (Å²) >= 11 is 0. The molecule has 1 aromatic carbocycles. The van der Waals surface area contributed by atoms with Gasteiger partial charge in [-0.2, -0.15) is 8.42 Å². The number of carboxylic acids is 1. The van der Waals surface area contributed by atoms with Crippen LogP contribution in [0.1, 0.15) is 12.0 Å². The van der Waals surface area contributed by atoms with Crippen LogP contribution >= 0.6 is 0 Å². The maximum Gasteiger partial charge on any atom is 0.307 e. The summed E-state index contributed by atoms with van der Waals surface area (Å²) in [7, 11) is -4.28. The van der Waals surface area contributed by atoms with Gasteiger partial charge in [0.1, 0.15) is 4.90 Å². The quantitative estimate of drug-likeness (QED) is 0.779. The lowest BCUT2D eigenvalue weighted by Crippen LogP contribution is -2.00. The van der Waals surface area contributed by atoms with Crippen LogP contribution in [0, 0.1) is 0 Å². The molecule has 1 aromatic rings. The van der Waals surface area contributed by atoms with E-state index in [2.05, 4.69) is 0 Å². The van der Waals surface area contributed by atoms with E-state index in [9.17, 15) is 13.2 Å². The molecular weight excluding hydrogens is 232 g/mol. The molecule has 6 heteroatoms. The summed E-state index contributed by atoms with van der Waals surface area (Å²) in [5.41, 5.74) is 0.256. The van der Waals surface area contributed by atoms with E-state index in [0.717, 1.165) is 0 Å². The molecule has 0 unspecified atom stereocenters. The van der Waals surface area contributed by atoms with Gasteiger partial charge in [0.25, 0.3) is 10.1 Å². The molecule has 0 aliphatic carbocycles. The third-order valence-electron chi connectivity index (χ3n) is 1.79. The minimum atomic E-state index is -4.28. The molecule has 0 fully saturated rings. The number of rotatable bonds is 4. The van der Waals surface area contributed by atoms with Gasteiger partial charge >= 0.3 is 5.97 Å². The van der Waals surface area contributed by atoms with E-state index in [1.165, 1.54) is 30.4 Å². The fourth-order valence-corrected chi connectivity index (χ4v) is 1.82. The monoisotopic (exact) mass is 242 g/mol. The first-order valence-electron chi connectivity index (χ1n) is 4.36. The van der Waals surface area contributed by atoms with Gasteiger partial charge in [-0.25, -0.2) is 0 Å². The summed E-state index contributed by atoms with van der Waals surface area (Å²) in [6.07, 6.45) is 2.45. The molecule has 86 valence electrons. The van der Waals surface area contributed by atoms with Gasteiger partial charge in [0.15, 0.2) is 0 Å². The van der Waals surface area contributed by atoms with Crippen molar-refractivity contribution in [3.8, 4) is 0 Å². The zero-order valence-corrected chi connectivity index (χ0v) is 9.02. The third-order valence-corrected chi connectivity index (χ3v) is 2.71. The predicted octanol–water partition coefficient (Wildman–Crippen LogP) is 1.42. The van der Waals surface area contributed by atoms with Gasteiger partial charge in [-0.05, 0) is 11.6 Å². The molecule has 0 amide bonds. The molecule has 0 radical (unpaired) electrons. The first kappa shape index (κ1) is 12.4. The van der Waals surface area contributed by atoms with Crippen molar-refractivity contribution < 1.29 is 22.9 Å². The maximum atomic E-state index is 11.0. The summed E-state index contributed by atoms with van der Waals surface area (Å²) in [4.78, 5) is 10.0. The lowest BCUT2D eigenvalue weighted by atomic mass is 10.2. The largest absolute Gasteiger partial charge is 0.481 e. The van der Waals surface area contributed by atoms with Crippen LogP contribution in [0.4, 0.5) is 0 Å². The van der Waals surface area contributed by atoms with Crippen molar-refractivity contribution in [2.24, 2.45) is 0 Å². The highest BCUT2D eigenvalue weighted by atomic mass is 32.2. The first-order chi connectivity index (χ1) is 7.41. The van der Waals surface area contributed by atoms with Gasteiger partial charge in [-0.15, -0.1) is 0 Å². The normalized spacial score (nSPS) is 11.8. The minimum Gasteiger partial charge on any atom is -0.481 e. The van der Waals surface area contributed by atoms with Gasteiger partial charge in [0.2, 0.25) is 0 Å². The summed E-state index contributed by atoms with van der Waals surface area (Å²) in [5, 5.41) is 8.40. The molecule has 0 aromatic heterocycles. The number of carbonyl (C=O) groups is 1. The molecule has 0 aliphatic rings. The van der Waals surface area contributed by atoms with E-state index in [-0.39, 0.29) is 16.9 Å². The van der Waals surface area contributed by atoms with Gasteiger partial charge in [-0.1, -0.05) is 30.4 Å². The average Bonchev–Trinajstić information content (AvgIpc) is 2.16. The Morgan fingerprint density at radius 1 is 1.31 bits per heavy atom. The number of carboxylic acid groups (broad SMARTS) is 1. The van der Waals surface area contributed by atoms with Gasteiger partial charge < -0.3 is 5.11 Å². The Kier molecular flexibility index (Phi) is 3.81. The van der Waals surface area contributed by atoms with E-state index in [1.54, 1.807) is 6.07 Å². The summed E-state index contributed by atoms with van der Waals surface area (Å²) < 4.78 is 30.8. The lowest BCUT2D eigenvalue weighted by molar-refractivity contribution is -0.135. The topological polar surface area (TPSA) is 91.7 Å². The Balaban J connectivity index is 3.06. The smallest absolute Gasteiger partial charge is 0.307 e. The molecule has 0 heterocycles. The van der Waals surface area contributed by atoms with Crippen molar-refractivity contribution in [2.75, 3.05) is 0 Å². The van der Waals surface area contributed by atoms with Crippen LogP contribution in [-0.2, 0) is 14.9 Å². The SMILES string of the molecule is O=C(O)CC=Cc1ccccc1S(=O)(=O)O. The Morgan fingerprint density at radius 3 is 2.50 bits per heavy atom. The highest BCUT2D eigenvalue weighted by Gasteiger charge is 2.12. The van der Waals surface area contributed by atoms with Gasteiger partial charge in [0.05, 0.1) is 6.42 Å². The number of hydrogen-bond donors (Lipinski definition) is 2. The summed E-state index contributed by atoms with van der Waals surface area (Å²) in [5.74, 6) is -1.01. The maximum absolute atomic E-state index is 11.0. The van der Waals surface area contributed by atoms with Crippen molar-refractivity contribution in [1.29, 1.82) is 0 Å². The zero-order valence-electron chi connectivity index (χ0n) is 8.20. The number of hydrogen-bond acceptors (Lipinski definition) is 3. The Hall–Kier alpha value is -1.66. The molecule has 1 rings (SSSR count). The molecular formula is C10H10O5S. The van der Waals surface area contributed by atoms with Crippen molar-refractivity contribution in [3.05, 3.63) is 35.9 Å². The molecule has 0 spiro atoms. The summed E-state index contributed by atoms with van der Waals surface area (Å²) in [6.45, 7) is 0. The molecule has 2 N–H and O–H groups in total. The Morgan fingerprint density at radius 2 is 1.94 bits per heavy atom. The molecule has 0 atom stereocenters. The van der Waals surface area contributed by atoms with Gasteiger partial charge in [0, 0.05) is 0 Å². The fraction of sp³-hybridized carbons (Fsp3) is 0.100. The van der Waals surface area contributed by atoms with Crippen molar-refractivity contribution >= 4 is 22.2 Å². The van der Waals surface area contributed by atoms with Crippen LogP contribution in [0.15, 0.2) is 35.2 Å². The van der Waals surface area contributed by atoms with Crippen molar-refractivity contribution in [3.63, 3.8) is 0 Å². The first-order valence-corrected chi connectivity index (χ1v) is 5.80. The standard InChI is InChI=1S/C10H10O5S/c11-10(12)7-3-5-8-4-1-2-6-9(8)16(13,14)15/h1-6H,7H2,(H,11,12)(H,13,14,15). The molecule has 5 nitrogen and oxygen atoms in total. The van der Waals surface area contributed by atoms with Crippen molar-refractivity contribution in [1.82, 2.24) is 0 Å². The molecule has 0 aliphatic heterocycles. The predicted molar refractivity (Wildman–Crippen MR) is 57.5 cm³/mol. The van der Waals surface area contributed by atoms with Crippen LogP contribution in [-0.4, -0.2) is 24.0 Å². The second-order valence-corrected chi connectivity index (χ2v) is 4.40. The second kappa shape index (κ2) is 4.91. The Bertz CT molecular complexity index is 516. The third kappa shape index (κ3) is 3.48. The minimum absolute atomic E-state index is 0.209. The van der Waals surface area contributed by atoms with Gasteiger partial charge in [-0.3, -0.25) is 9.35 Å². The molecule has 0 saturated heterocycles. The van der Waals surface area contributed by atoms with Crippen molar-refractivity contribution in [2.45, 2.75) is 11.3 Å². The van der Waals surface area contributed by atoms with Crippen LogP contribution in [0.25, 0.3) is 6.08 Å². The summed E-state index contributed by atoms with van der Waals surface area (Å²) in [6, 6.07) is 5.78. The van der Waals surface area contributed by atoms with E-state index < -0.39 is 16.1 Å². The van der Waals surface area contributed by atoms with Crippen LogP contribution in [0.5, 0.6) is 0 Å². The molecule has 0 bridgehead atoms. The van der Waals surface area contributed by atoms with E-state index >= 15 is 0 Å². The molecule has 16 heavy (non-hydrogen) atoms. The number of benzene rings is 1.